The van der Waals surface area contributed by atoms with Gasteiger partial charge in [-0.05, 0) is 83.1 Å². The van der Waals surface area contributed by atoms with E-state index in [1.54, 1.807) is 0 Å². The number of aliphatic hydroxyl groups excluding tert-OH is 1. The summed E-state index contributed by atoms with van der Waals surface area (Å²) in [5.74, 6) is -2.51. The average molecular weight is 711 g/mol. The van der Waals surface area contributed by atoms with Crippen molar-refractivity contribution in [2.45, 2.75) is 142 Å². The molecule has 9 heteroatoms. The number of ether oxygens (including phenoxy) is 1. The van der Waals surface area contributed by atoms with Gasteiger partial charge in [-0.1, -0.05) is 119 Å². The van der Waals surface area contributed by atoms with Gasteiger partial charge < -0.3 is 25.6 Å². The van der Waals surface area contributed by atoms with E-state index in [1.165, 1.54) is 12.8 Å². The Hall–Kier alpha value is -3.98. The molecule has 0 aromatic carbocycles. The van der Waals surface area contributed by atoms with Gasteiger partial charge in [0.1, 0.15) is 12.1 Å². The van der Waals surface area contributed by atoms with E-state index in [0.717, 1.165) is 77.0 Å². The van der Waals surface area contributed by atoms with Gasteiger partial charge in [-0.2, -0.15) is 0 Å². The molecule has 2 atom stereocenters. The van der Waals surface area contributed by atoms with Gasteiger partial charge >= 0.3 is 11.9 Å². The third kappa shape index (κ3) is 33.0. The molecule has 4 N–H and O–H groups in total. The van der Waals surface area contributed by atoms with Crippen LogP contribution in [0.4, 0.5) is 0 Å². The lowest BCUT2D eigenvalue weighted by atomic mass is 10.1. The number of carboxylic acids is 1. The highest BCUT2D eigenvalue weighted by molar-refractivity contribution is 5.87. The van der Waals surface area contributed by atoms with Gasteiger partial charge in [0.2, 0.25) is 11.8 Å². The molecule has 0 aromatic rings. The molecule has 0 aliphatic rings. The summed E-state index contributed by atoms with van der Waals surface area (Å²) in [6.45, 7) is 3.23. The smallest absolute Gasteiger partial charge is 0.328 e. The summed E-state index contributed by atoms with van der Waals surface area (Å²) >= 11 is 0. The summed E-state index contributed by atoms with van der Waals surface area (Å²) in [6, 6.07) is -1.40. The second kappa shape index (κ2) is 35.8. The molecule has 0 spiro atoms. The second-order valence-corrected chi connectivity index (χ2v) is 12.3. The highest BCUT2D eigenvalue weighted by Crippen LogP contribution is 2.13. The zero-order valence-corrected chi connectivity index (χ0v) is 31.3. The van der Waals surface area contributed by atoms with Crippen LogP contribution in [0.1, 0.15) is 129 Å². The fourth-order valence-electron chi connectivity index (χ4n) is 4.68. The van der Waals surface area contributed by atoms with Crippen molar-refractivity contribution in [2.75, 3.05) is 13.2 Å². The molecule has 0 fully saturated rings. The number of carboxylic acid groups (broad SMARTS) is 1. The maximum absolute atomic E-state index is 12.6. The molecule has 0 aliphatic carbocycles. The topological polar surface area (TPSA) is 142 Å². The Morgan fingerprint density at radius 3 is 1.75 bits per heavy atom. The Morgan fingerprint density at radius 2 is 1.18 bits per heavy atom. The number of aliphatic hydroxyl groups is 1. The summed E-state index contributed by atoms with van der Waals surface area (Å²) < 4.78 is 5.82. The molecule has 0 heterocycles. The van der Waals surface area contributed by atoms with E-state index in [1.807, 2.05) is 6.08 Å². The van der Waals surface area contributed by atoms with Crippen LogP contribution < -0.4 is 10.6 Å². The van der Waals surface area contributed by atoms with Crippen molar-refractivity contribution in [3.05, 3.63) is 85.1 Å². The minimum Gasteiger partial charge on any atom is -0.480 e. The first-order valence-corrected chi connectivity index (χ1v) is 19.0. The monoisotopic (exact) mass is 710 g/mol. The minimum absolute atomic E-state index is 0.190. The van der Waals surface area contributed by atoms with Gasteiger partial charge in [-0.15, -0.1) is 0 Å². The number of amides is 2. The fraction of sp³-hybridized carbons (Fsp3) is 0.571. The van der Waals surface area contributed by atoms with Crippen LogP contribution in [0.2, 0.25) is 0 Å². The first-order chi connectivity index (χ1) is 24.8. The molecule has 0 radical (unpaired) electrons. The maximum Gasteiger partial charge on any atom is 0.328 e. The van der Waals surface area contributed by atoms with Gasteiger partial charge in [0, 0.05) is 12.8 Å². The number of nitrogens with one attached hydrogen (secondary N) is 2. The van der Waals surface area contributed by atoms with Crippen LogP contribution in [-0.2, 0) is 23.9 Å². The molecule has 2 unspecified atom stereocenters. The second-order valence-electron chi connectivity index (χ2n) is 12.3. The summed E-state index contributed by atoms with van der Waals surface area (Å²) in [5.41, 5.74) is 0. The number of hydrogen-bond donors (Lipinski definition) is 4. The Labute approximate surface area is 307 Å². The number of hydrogen-bond acceptors (Lipinski definition) is 6. The molecule has 286 valence electrons. The SMILES string of the molecule is CC/C=C\C/C=C\C/C=C\C/C=C\C/C=C\CCCC(=O)OC(/C=C\C/C=C\CCCC)CCCCCCC(=O)NCC(=O)NC(CO)C(=O)O. The normalized spacial score (nSPS) is 13.5. The Bertz CT molecular complexity index is 1130. The lowest BCUT2D eigenvalue weighted by molar-refractivity contribution is -0.147. The van der Waals surface area contributed by atoms with Crippen molar-refractivity contribution in [1.29, 1.82) is 0 Å². The molecule has 0 aliphatic heterocycles. The molecule has 9 nitrogen and oxygen atoms in total. The van der Waals surface area contributed by atoms with Crippen LogP contribution in [0, 0.1) is 0 Å². The number of rotatable bonds is 32. The first-order valence-electron chi connectivity index (χ1n) is 19.0. The minimum atomic E-state index is -1.40. The third-order valence-corrected chi connectivity index (χ3v) is 7.61. The lowest BCUT2D eigenvalue weighted by Crippen LogP contribution is -2.47. The van der Waals surface area contributed by atoms with E-state index in [4.69, 9.17) is 14.9 Å². The average Bonchev–Trinajstić information content (AvgIpc) is 3.11. The predicted molar refractivity (Wildman–Crippen MR) is 208 cm³/mol. The van der Waals surface area contributed by atoms with E-state index in [2.05, 4.69) is 103 Å². The highest BCUT2D eigenvalue weighted by Gasteiger charge is 2.18. The van der Waals surface area contributed by atoms with Gasteiger partial charge in [0.25, 0.3) is 0 Å². The van der Waals surface area contributed by atoms with Crippen molar-refractivity contribution in [3.8, 4) is 0 Å². The number of carbonyl (C=O) groups is 4. The Balaban J connectivity index is 4.41. The summed E-state index contributed by atoms with van der Waals surface area (Å²) in [4.78, 5) is 47.3. The van der Waals surface area contributed by atoms with Gasteiger partial charge in [0.15, 0.2) is 0 Å². The molecular formula is C42H66N2O7. The van der Waals surface area contributed by atoms with E-state index in [0.29, 0.717) is 19.3 Å². The summed E-state index contributed by atoms with van der Waals surface area (Å²) in [7, 11) is 0. The Morgan fingerprint density at radius 1 is 0.627 bits per heavy atom. The zero-order chi connectivity index (χ0) is 37.6. The molecule has 51 heavy (non-hydrogen) atoms. The van der Waals surface area contributed by atoms with Crippen molar-refractivity contribution in [2.24, 2.45) is 0 Å². The number of allylic oxidation sites excluding steroid dienone is 13. The number of carbonyl (C=O) groups excluding carboxylic acids is 3. The van der Waals surface area contributed by atoms with Crippen LogP contribution in [0.5, 0.6) is 0 Å². The van der Waals surface area contributed by atoms with Gasteiger partial charge in [-0.3, -0.25) is 14.4 Å². The predicted octanol–water partition coefficient (Wildman–Crippen LogP) is 8.53. The van der Waals surface area contributed by atoms with Crippen molar-refractivity contribution in [3.63, 3.8) is 0 Å². The highest BCUT2D eigenvalue weighted by atomic mass is 16.5. The molecule has 0 rings (SSSR count). The number of aliphatic carboxylic acids is 1. The zero-order valence-electron chi connectivity index (χ0n) is 31.3. The molecular weight excluding hydrogens is 644 g/mol. The van der Waals surface area contributed by atoms with Gasteiger partial charge in [-0.25, -0.2) is 4.79 Å². The third-order valence-electron chi connectivity index (χ3n) is 7.61. The maximum atomic E-state index is 12.6. The van der Waals surface area contributed by atoms with E-state index in [9.17, 15) is 19.2 Å². The largest absolute Gasteiger partial charge is 0.480 e. The summed E-state index contributed by atoms with van der Waals surface area (Å²) in [5, 5.41) is 22.5. The lowest BCUT2D eigenvalue weighted by Gasteiger charge is -2.14. The van der Waals surface area contributed by atoms with E-state index < -0.39 is 24.5 Å². The standard InChI is InChI=1S/C42H66N2O7/c1-3-5-7-9-11-12-13-14-15-16-17-18-19-20-22-24-30-34-41(48)51-37(31-27-23-21-10-8-6-4-2)32-28-25-26-29-33-39(46)43-35-40(47)44-38(36-45)42(49)50/h5,7,10-12,14-15,17-18,20-22,27,31,37-38,45H,3-4,6,8-9,13,16,19,23-26,28-30,32-36H2,1-2H3,(H,43,46)(H,44,47)(H,49,50)/b7-5-,12-11-,15-14-,18-17-,21-10-,22-20-,31-27-. The van der Waals surface area contributed by atoms with Crippen molar-refractivity contribution < 1.29 is 34.1 Å². The molecule has 0 bridgehead atoms. The number of esters is 1. The van der Waals surface area contributed by atoms with E-state index in [-0.39, 0.29) is 30.9 Å². The van der Waals surface area contributed by atoms with Crippen LogP contribution in [-0.4, -0.2) is 59.3 Å². The van der Waals surface area contributed by atoms with E-state index >= 15 is 0 Å². The van der Waals surface area contributed by atoms with Gasteiger partial charge in [0.05, 0.1) is 13.2 Å². The van der Waals surface area contributed by atoms with Crippen LogP contribution >= 0.6 is 0 Å². The first kappa shape index (κ1) is 47.0. The molecule has 0 saturated heterocycles. The molecule has 0 aromatic heterocycles. The Kier molecular flexibility index (Phi) is 33.0. The van der Waals surface area contributed by atoms with Crippen LogP contribution in [0.25, 0.3) is 0 Å². The molecule has 2 amide bonds. The summed E-state index contributed by atoms with van der Waals surface area (Å²) in [6.07, 6.45) is 44.9. The number of unbranched alkanes of at least 4 members (excludes halogenated alkanes) is 6. The van der Waals surface area contributed by atoms with Crippen LogP contribution in [0.15, 0.2) is 85.1 Å². The fourth-order valence-corrected chi connectivity index (χ4v) is 4.68. The quantitative estimate of drug-likeness (QED) is 0.0311. The van der Waals surface area contributed by atoms with Crippen LogP contribution in [0.3, 0.4) is 0 Å². The van der Waals surface area contributed by atoms with Crippen molar-refractivity contribution in [1.82, 2.24) is 10.6 Å². The van der Waals surface area contributed by atoms with Crippen molar-refractivity contribution >= 4 is 23.8 Å². The molecule has 0 saturated carbocycles.